The summed E-state index contributed by atoms with van der Waals surface area (Å²) in [5, 5.41) is 0. The maximum Gasteiger partial charge on any atom is 0.268 e. The van der Waals surface area contributed by atoms with E-state index in [1.165, 1.54) is 6.20 Å². The average Bonchev–Trinajstić information content (AvgIpc) is 3.09. The predicted octanol–water partition coefficient (Wildman–Crippen LogP) is 2.35. The molecule has 2 N–H and O–H groups in total. The molecule has 2 aliphatic rings. The number of nitrogens with zero attached hydrogens (tertiary/aromatic N) is 4. The van der Waals surface area contributed by atoms with Crippen molar-refractivity contribution in [3.8, 4) is 0 Å². The molecule has 1 aromatic heterocycles. The molecule has 1 atom stereocenters. The first-order chi connectivity index (χ1) is 13.5. The third kappa shape index (κ3) is 3.69. The largest absolute Gasteiger partial charge is 0.364 e. The Morgan fingerprint density at radius 2 is 2.04 bits per heavy atom. The number of nitrogens with two attached hydrogens (primary N) is 1. The minimum atomic E-state index is -0.802. The van der Waals surface area contributed by atoms with Crippen LogP contribution in [-0.4, -0.2) is 47.0 Å². The van der Waals surface area contributed by atoms with Gasteiger partial charge >= 0.3 is 0 Å². The van der Waals surface area contributed by atoms with Gasteiger partial charge in [0, 0.05) is 37.2 Å². The number of hydrogen-bond donors (Lipinski definition) is 1. The van der Waals surface area contributed by atoms with Crippen molar-refractivity contribution in [2.75, 3.05) is 31.1 Å². The molecule has 4 rings (SSSR count). The third-order valence-electron chi connectivity index (χ3n) is 5.80. The Morgan fingerprint density at radius 3 is 2.86 bits per heavy atom. The van der Waals surface area contributed by atoms with Crippen molar-refractivity contribution >= 4 is 11.7 Å². The maximum atomic E-state index is 14.0. The van der Waals surface area contributed by atoms with Gasteiger partial charge in [-0.2, -0.15) is 0 Å². The Balaban J connectivity index is 1.46. The number of likely N-dealkylation sites (tertiary alicyclic amines) is 1. The lowest BCUT2D eigenvalue weighted by atomic mass is 9.79. The average molecular weight is 387 g/mol. The molecule has 1 aromatic carbocycles. The number of rotatable bonds is 4. The number of amides is 1. The van der Waals surface area contributed by atoms with Gasteiger partial charge in [0.2, 0.25) is 0 Å². The van der Waals surface area contributed by atoms with E-state index in [1.54, 1.807) is 18.3 Å². The van der Waals surface area contributed by atoms with E-state index in [1.807, 2.05) is 0 Å². The minimum absolute atomic E-state index is 0.0759. The summed E-state index contributed by atoms with van der Waals surface area (Å²) in [6.45, 7) is 3.71. The number of halogens is 2. The van der Waals surface area contributed by atoms with Gasteiger partial charge in [0.05, 0.1) is 12.4 Å². The summed E-state index contributed by atoms with van der Waals surface area (Å²) in [6, 6.07) is 4.34. The van der Waals surface area contributed by atoms with Gasteiger partial charge in [-0.15, -0.1) is 0 Å². The first kappa shape index (κ1) is 18.7. The molecule has 0 radical (unpaired) electrons. The second-order valence-electron chi connectivity index (χ2n) is 7.83. The van der Waals surface area contributed by atoms with Gasteiger partial charge < -0.3 is 10.6 Å². The molecule has 148 valence electrons. The van der Waals surface area contributed by atoms with Crippen LogP contribution < -0.4 is 10.6 Å². The Kier molecular flexibility index (Phi) is 4.97. The van der Waals surface area contributed by atoms with Crippen molar-refractivity contribution in [2.24, 2.45) is 11.1 Å². The topological polar surface area (TPSA) is 75.4 Å². The molecule has 28 heavy (non-hydrogen) atoms. The summed E-state index contributed by atoms with van der Waals surface area (Å²) < 4.78 is 27.6. The fraction of sp³-hybridized carbons (Fsp3) is 0.450. The van der Waals surface area contributed by atoms with Crippen molar-refractivity contribution in [3.63, 3.8) is 0 Å². The van der Waals surface area contributed by atoms with Crippen LogP contribution in [0, 0.1) is 17.0 Å². The highest BCUT2D eigenvalue weighted by molar-refractivity contribution is 5.90. The van der Waals surface area contributed by atoms with Gasteiger partial charge in [-0.05, 0) is 31.9 Å². The van der Waals surface area contributed by atoms with Crippen LogP contribution in [0.25, 0.3) is 0 Å². The second kappa shape index (κ2) is 7.43. The predicted molar refractivity (Wildman–Crippen MR) is 101 cm³/mol. The van der Waals surface area contributed by atoms with Crippen molar-refractivity contribution in [1.82, 2.24) is 14.9 Å². The summed E-state index contributed by atoms with van der Waals surface area (Å²) in [5.41, 5.74) is 5.94. The zero-order valence-electron chi connectivity index (χ0n) is 15.6. The maximum absolute atomic E-state index is 14.0. The SMILES string of the molecule is NC(=O)c1cncc(N2CC[C@]3(CCCN(Cc4cccc(F)c4F)C3)C2)n1. The normalized spacial score (nSPS) is 22.7. The van der Waals surface area contributed by atoms with Crippen LogP contribution in [0.3, 0.4) is 0 Å². The number of piperidine rings is 1. The standard InChI is InChI=1S/C20H23F2N5O/c21-15-4-1-3-14(18(15)22)11-26-7-2-5-20(12-26)6-8-27(13-20)17-10-24-9-16(25-17)19(23)28/h1,3-4,9-10H,2,5-8,11-13H2,(H2,23,28)/t20-/m0/s1. The monoisotopic (exact) mass is 387 g/mol. The fourth-order valence-corrected chi connectivity index (χ4v) is 4.45. The Morgan fingerprint density at radius 1 is 1.18 bits per heavy atom. The van der Waals surface area contributed by atoms with Gasteiger partial charge in [-0.3, -0.25) is 14.7 Å². The zero-order chi connectivity index (χ0) is 19.7. The van der Waals surface area contributed by atoms with Crippen LogP contribution in [-0.2, 0) is 6.54 Å². The smallest absolute Gasteiger partial charge is 0.268 e. The minimum Gasteiger partial charge on any atom is -0.364 e. The molecule has 2 aromatic rings. The van der Waals surface area contributed by atoms with E-state index in [9.17, 15) is 13.6 Å². The molecule has 0 aliphatic carbocycles. The van der Waals surface area contributed by atoms with Crippen LogP contribution >= 0.6 is 0 Å². The molecule has 2 saturated heterocycles. The molecule has 3 heterocycles. The molecule has 6 nitrogen and oxygen atoms in total. The van der Waals surface area contributed by atoms with Crippen molar-refractivity contribution in [2.45, 2.75) is 25.8 Å². The summed E-state index contributed by atoms with van der Waals surface area (Å²) in [4.78, 5) is 24.1. The molecular weight excluding hydrogens is 364 g/mol. The quantitative estimate of drug-likeness (QED) is 0.872. The summed E-state index contributed by atoms with van der Waals surface area (Å²) >= 11 is 0. The Bertz CT molecular complexity index is 893. The molecule has 2 aliphatic heterocycles. The summed E-state index contributed by atoms with van der Waals surface area (Å²) in [6.07, 6.45) is 6.09. The van der Waals surface area contributed by atoms with Crippen LogP contribution in [0.2, 0.25) is 0 Å². The molecule has 8 heteroatoms. The lowest BCUT2D eigenvalue weighted by Gasteiger charge is -2.40. The molecule has 0 bridgehead atoms. The number of hydrogen-bond acceptors (Lipinski definition) is 5. The second-order valence-corrected chi connectivity index (χ2v) is 7.83. The van der Waals surface area contributed by atoms with Crippen molar-refractivity contribution in [3.05, 3.63) is 53.5 Å². The van der Waals surface area contributed by atoms with E-state index in [2.05, 4.69) is 19.8 Å². The lowest BCUT2D eigenvalue weighted by molar-refractivity contribution is 0.0980. The van der Waals surface area contributed by atoms with E-state index < -0.39 is 17.5 Å². The lowest BCUT2D eigenvalue weighted by Crippen LogP contribution is -2.44. The number of carbonyl (C=O) groups is 1. The Hall–Kier alpha value is -2.61. The highest BCUT2D eigenvalue weighted by Gasteiger charge is 2.42. The van der Waals surface area contributed by atoms with Crippen molar-refractivity contribution in [1.29, 1.82) is 0 Å². The van der Waals surface area contributed by atoms with Crippen molar-refractivity contribution < 1.29 is 13.6 Å². The number of primary amides is 1. The number of anilines is 1. The zero-order valence-corrected chi connectivity index (χ0v) is 15.6. The molecular formula is C20H23F2N5O. The van der Waals surface area contributed by atoms with Gasteiger partial charge in [0.1, 0.15) is 11.5 Å². The van der Waals surface area contributed by atoms with Gasteiger partial charge in [-0.1, -0.05) is 12.1 Å². The van der Waals surface area contributed by atoms with E-state index in [0.717, 1.165) is 51.5 Å². The Labute approximate surface area is 162 Å². The molecule has 1 spiro atoms. The molecule has 1 amide bonds. The number of benzene rings is 1. The van der Waals surface area contributed by atoms with E-state index in [-0.39, 0.29) is 11.1 Å². The van der Waals surface area contributed by atoms with Crippen LogP contribution in [0.1, 0.15) is 35.3 Å². The first-order valence-electron chi connectivity index (χ1n) is 9.48. The third-order valence-corrected chi connectivity index (χ3v) is 5.80. The van der Waals surface area contributed by atoms with E-state index >= 15 is 0 Å². The van der Waals surface area contributed by atoms with Gasteiger partial charge in [0.25, 0.3) is 5.91 Å². The van der Waals surface area contributed by atoms with Crippen LogP contribution in [0.4, 0.5) is 14.6 Å². The molecule has 0 unspecified atom stereocenters. The highest BCUT2D eigenvalue weighted by Crippen LogP contribution is 2.40. The first-order valence-corrected chi connectivity index (χ1v) is 9.48. The molecule has 0 saturated carbocycles. The number of carbonyl (C=O) groups excluding carboxylic acids is 1. The van der Waals surface area contributed by atoms with Gasteiger partial charge in [0.15, 0.2) is 11.6 Å². The van der Waals surface area contributed by atoms with E-state index in [4.69, 9.17) is 5.73 Å². The highest BCUT2D eigenvalue weighted by atomic mass is 19.2. The molecule has 2 fully saturated rings. The van der Waals surface area contributed by atoms with Crippen LogP contribution in [0.15, 0.2) is 30.6 Å². The summed E-state index contributed by atoms with van der Waals surface area (Å²) in [7, 11) is 0. The van der Waals surface area contributed by atoms with E-state index in [0.29, 0.717) is 17.9 Å². The van der Waals surface area contributed by atoms with Crippen LogP contribution in [0.5, 0.6) is 0 Å². The van der Waals surface area contributed by atoms with Gasteiger partial charge in [-0.25, -0.2) is 13.8 Å². The number of aromatic nitrogens is 2. The fourth-order valence-electron chi connectivity index (χ4n) is 4.45. The summed E-state index contributed by atoms with van der Waals surface area (Å²) in [5.74, 6) is -1.50.